The van der Waals surface area contributed by atoms with E-state index in [4.69, 9.17) is 4.74 Å². The van der Waals surface area contributed by atoms with Gasteiger partial charge in [0.05, 0.1) is 23.6 Å². The summed E-state index contributed by atoms with van der Waals surface area (Å²) in [6, 6.07) is 11.9. The van der Waals surface area contributed by atoms with Gasteiger partial charge in [0.2, 0.25) is 10.0 Å². The zero-order chi connectivity index (χ0) is 20.5. The van der Waals surface area contributed by atoms with Crippen molar-refractivity contribution in [3.63, 3.8) is 0 Å². The zero-order valence-corrected chi connectivity index (χ0v) is 16.8. The van der Waals surface area contributed by atoms with E-state index in [1.807, 2.05) is 13.8 Å². The molecule has 0 unspecified atom stereocenters. The standard InChI is InChI=1S/C21H23NO5S/c1-4-16-13-19(21(23)24)20(15-7-9-17(27-3)10-8-15)22(16)28(25,26)18-11-5-14(2)6-12-18/h5-13,16,20H,4H2,1-3H3,(H,23,24)/t16-,20+/m1/s1. The first kappa shape index (κ1) is 20.1. The maximum atomic E-state index is 13.5. The van der Waals surface area contributed by atoms with Crippen molar-refractivity contribution >= 4 is 16.0 Å². The van der Waals surface area contributed by atoms with Crippen LogP contribution in [0.25, 0.3) is 0 Å². The molecule has 0 saturated heterocycles. The van der Waals surface area contributed by atoms with Gasteiger partial charge in [0.1, 0.15) is 5.75 Å². The lowest BCUT2D eigenvalue weighted by Crippen LogP contribution is -2.38. The summed E-state index contributed by atoms with van der Waals surface area (Å²) in [5, 5.41) is 9.74. The topological polar surface area (TPSA) is 83.9 Å². The number of hydrogen-bond acceptors (Lipinski definition) is 4. The van der Waals surface area contributed by atoms with Crippen LogP contribution in [0.1, 0.15) is 30.5 Å². The number of carboxylic acid groups (broad SMARTS) is 1. The van der Waals surface area contributed by atoms with Gasteiger partial charge in [-0.05, 0) is 43.2 Å². The van der Waals surface area contributed by atoms with Gasteiger partial charge in [-0.3, -0.25) is 0 Å². The highest BCUT2D eigenvalue weighted by Crippen LogP contribution is 2.42. The summed E-state index contributed by atoms with van der Waals surface area (Å²) in [6.07, 6.45) is 2.01. The molecule has 0 aliphatic carbocycles. The smallest absolute Gasteiger partial charge is 0.333 e. The van der Waals surface area contributed by atoms with E-state index in [1.54, 1.807) is 54.6 Å². The Hall–Kier alpha value is -2.64. The lowest BCUT2D eigenvalue weighted by molar-refractivity contribution is -0.133. The first-order chi connectivity index (χ1) is 13.3. The first-order valence-corrected chi connectivity index (χ1v) is 10.4. The highest BCUT2D eigenvalue weighted by molar-refractivity contribution is 7.89. The maximum Gasteiger partial charge on any atom is 0.333 e. The second kappa shape index (κ2) is 7.77. The number of nitrogens with zero attached hydrogens (tertiary/aromatic N) is 1. The predicted octanol–water partition coefficient (Wildman–Crippen LogP) is 3.54. The number of carbonyl (C=O) groups is 1. The van der Waals surface area contributed by atoms with Gasteiger partial charge in [-0.25, -0.2) is 13.2 Å². The maximum absolute atomic E-state index is 13.5. The molecule has 0 bridgehead atoms. The zero-order valence-electron chi connectivity index (χ0n) is 16.0. The van der Waals surface area contributed by atoms with E-state index in [-0.39, 0.29) is 10.5 Å². The Bertz CT molecular complexity index is 994. The molecular weight excluding hydrogens is 378 g/mol. The van der Waals surface area contributed by atoms with E-state index < -0.39 is 28.1 Å². The van der Waals surface area contributed by atoms with Crippen LogP contribution >= 0.6 is 0 Å². The molecule has 0 saturated carbocycles. The molecule has 1 aliphatic heterocycles. The summed E-state index contributed by atoms with van der Waals surface area (Å²) in [5.41, 5.74) is 1.59. The Labute approximate surface area is 165 Å². The van der Waals surface area contributed by atoms with Crippen LogP contribution in [-0.2, 0) is 14.8 Å². The monoisotopic (exact) mass is 401 g/mol. The van der Waals surface area contributed by atoms with Gasteiger partial charge in [-0.1, -0.05) is 42.8 Å². The van der Waals surface area contributed by atoms with Gasteiger partial charge >= 0.3 is 5.97 Å². The van der Waals surface area contributed by atoms with Gasteiger partial charge in [0.15, 0.2) is 0 Å². The number of sulfonamides is 1. The third kappa shape index (κ3) is 3.55. The summed E-state index contributed by atoms with van der Waals surface area (Å²) in [4.78, 5) is 12.1. The van der Waals surface area contributed by atoms with E-state index >= 15 is 0 Å². The van der Waals surface area contributed by atoms with Gasteiger partial charge in [-0.2, -0.15) is 4.31 Å². The minimum atomic E-state index is -3.91. The molecule has 2 atom stereocenters. The van der Waals surface area contributed by atoms with Crippen molar-refractivity contribution in [1.29, 1.82) is 0 Å². The molecule has 1 aliphatic rings. The van der Waals surface area contributed by atoms with Crippen molar-refractivity contribution in [2.45, 2.75) is 37.2 Å². The highest BCUT2D eigenvalue weighted by atomic mass is 32.2. The van der Waals surface area contributed by atoms with Crippen LogP contribution in [0.2, 0.25) is 0 Å². The van der Waals surface area contributed by atoms with Gasteiger partial charge in [0.25, 0.3) is 0 Å². The lowest BCUT2D eigenvalue weighted by Gasteiger charge is -2.30. The molecule has 6 nitrogen and oxygen atoms in total. The van der Waals surface area contributed by atoms with E-state index in [1.165, 1.54) is 11.4 Å². The Morgan fingerprint density at radius 1 is 1.11 bits per heavy atom. The molecule has 2 aromatic rings. The molecular formula is C21H23NO5S. The molecule has 0 spiro atoms. The molecule has 0 radical (unpaired) electrons. The molecule has 0 fully saturated rings. The number of rotatable bonds is 6. The third-order valence-corrected chi connectivity index (χ3v) is 6.85. The second-order valence-electron chi connectivity index (χ2n) is 6.73. The van der Waals surface area contributed by atoms with Crippen LogP contribution in [0, 0.1) is 6.92 Å². The third-order valence-electron chi connectivity index (χ3n) is 4.94. The average molecular weight is 401 g/mol. The summed E-state index contributed by atoms with van der Waals surface area (Å²) in [7, 11) is -2.37. The Morgan fingerprint density at radius 3 is 2.21 bits per heavy atom. The van der Waals surface area contributed by atoms with Crippen molar-refractivity contribution in [2.24, 2.45) is 0 Å². The Morgan fingerprint density at radius 2 is 1.71 bits per heavy atom. The molecule has 0 aromatic heterocycles. The Kier molecular flexibility index (Phi) is 5.58. The fourth-order valence-corrected chi connectivity index (χ4v) is 5.25. The van der Waals surface area contributed by atoms with Crippen molar-refractivity contribution in [1.82, 2.24) is 4.31 Å². The van der Waals surface area contributed by atoms with Crippen LogP contribution in [0.5, 0.6) is 5.75 Å². The molecule has 7 heteroatoms. The normalized spacial score (nSPS) is 20.0. The number of methoxy groups -OCH3 is 1. The molecule has 1 N–H and O–H groups in total. The molecule has 2 aromatic carbocycles. The summed E-state index contributed by atoms with van der Waals surface area (Å²) >= 11 is 0. The molecule has 0 amide bonds. The fourth-order valence-electron chi connectivity index (χ4n) is 3.45. The number of aryl methyl sites for hydroxylation is 1. The number of benzene rings is 2. The molecule has 3 rings (SSSR count). The summed E-state index contributed by atoms with van der Waals surface area (Å²) in [6.45, 7) is 3.72. The minimum absolute atomic E-state index is 0.0627. The van der Waals surface area contributed by atoms with Gasteiger partial charge < -0.3 is 9.84 Å². The lowest BCUT2D eigenvalue weighted by atomic mass is 10.0. The Balaban J connectivity index is 2.14. The highest BCUT2D eigenvalue weighted by Gasteiger charge is 2.45. The second-order valence-corrected chi connectivity index (χ2v) is 8.57. The van der Waals surface area contributed by atoms with E-state index in [0.29, 0.717) is 17.7 Å². The number of carboxylic acids is 1. The van der Waals surface area contributed by atoms with Crippen molar-refractivity contribution in [3.8, 4) is 5.75 Å². The van der Waals surface area contributed by atoms with Gasteiger partial charge in [-0.15, -0.1) is 0 Å². The van der Waals surface area contributed by atoms with E-state index in [2.05, 4.69) is 0 Å². The predicted molar refractivity (Wildman–Crippen MR) is 106 cm³/mol. The minimum Gasteiger partial charge on any atom is -0.497 e. The largest absolute Gasteiger partial charge is 0.497 e. The van der Waals surface area contributed by atoms with E-state index in [0.717, 1.165) is 5.56 Å². The van der Waals surface area contributed by atoms with Crippen LogP contribution in [-0.4, -0.2) is 37.0 Å². The van der Waals surface area contributed by atoms with Crippen molar-refractivity contribution in [2.75, 3.05) is 7.11 Å². The van der Waals surface area contributed by atoms with Crippen LogP contribution in [0.3, 0.4) is 0 Å². The first-order valence-electron chi connectivity index (χ1n) is 8.98. The molecule has 1 heterocycles. The quantitative estimate of drug-likeness (QED) is 0.800. The van der Waals surface area contributed by atoms with Crippen LogP contribution < -0.4 is 4.74 Å². The average Bonchev–Trinajstić information content (AvgIpc) is 3.09. The van der Waals surface area contributed by atoms with Gasteiger partial charge in [0, 0.05) is 6.04 Å². The summed E-state index contributed by atoms with van der Waals surface area (Å²) in [5.74, 6) is -0.511. The van der Waals surface area contributed by atoms with Crippen molar-refractivity contribution in [3.05, 3.63) is 71.3 Å². The summed E-state index contributed by atoms with van der Waals surface area (Å²) < 4.78 is 33.4. The fraction of sp³-hybridized carbons (Fsp3) is 0.286. The SMILES string of the molecule is CC[C@@H]1C=C(C(=O)O)[C@H](c2ccc(OC)cc2)N1S(=O)(=O)c1ccc(C)cc1. The number of ether oxygens (including phenoxy) is 1. The number of aliphatic carboxylic acids is 1. The van der Waals surface area contributed by atoms with E-state index in [9.17, 15) is 18.3 Å². The van der Waals surface area contributed by atoms with Crippen LogP contribution in [0.15, 0.2) is 65.1 Å². The molecule has 28 heavy (non-hydrogen) atoms. The number of hydrogen-bond donors (Lipinski definition) is 1. The van der Waals surface area contributed by atoms with Crippen molar-refractivity contribution < 1.29 is 23.1 Å². The van der Waals surface area contributed by atoms with Crippen LogP contribution in [0.4, 0.5) is 0 Å². The molecule has 148 valence electrons.